The van der Waals surface area contributed by atoms with Gasteiger partial charge in [-0.1, -0.05) is 0 Å². The van der Waals surface area contributed by atoms with Crippen LogP contribution in [0.4, 0.5) is 0 Å². The van der Waals surface area contributed by atoms with Crippen LogP contribution in [0.2, 0.25) is 0 Å². The Morgan fingerprint density at radius 3 is 2.59 bits per heavy atom. The van der Waals surface area contributed by atoms with Crippen molar-refractivity contribution in [2.75, 3.05) is 26.4 Å². The highest BCUT2D eigenvalue weighted by Crippen LogP contribution is 2.38. The van der Waals surface area contributed by atoms with Crippen molar-refractivity contribution in [1.82, 2.24) is 5.32 Å². The molecule has 0 radical (unpaired) electrons. The number of hydrogen-bond donors (Lipinski definition) is 1. The van der Waals surface area contributed by atoms with Crippen LogP contribution in [-0.2, 0) is 9.47 Å². The van der Waals surface area contributed by atoms with Gasteiger partial charge in [0.2, 0.25) is 0 Å². The lowest BCUT2D eigenvalue weighted by Gasteiger charge is -2.35. The van der Waals surface area contributed by atoms with E-state index in [4.69, 9.17) is 9.47 Å². The average Bonchev–Trinajstić information content (AvgIpc) is 2.58. The standard InChI is InChI=1S/C14H29NO2/c1-6-16-9-7-14(8-10-17-12(14)2)11-15-13(3,4)5/h12,15H,6-11H2,1-5H3. The second-order valence-electron chi connectivity index (χ2n) is 6.18. The summed E-state index contributed by atoms with van der Waals surface area (Å²) in [4.78, 5) is 0. The van der Waals surface area contributed by atoms with Crippen LogP contribution in [0.15, 0.2) is 0 Å². The van der Waals surface area contributed by atoms with Crippen molar-refractivity contribution in [3.8, 4) is 0 Å². The third kappa shape index (κ3) is 4.57. The average molecular weight is 243 g/mol. The minimum absolute atomic E-state index is 0.168. The van der Waals surface area contributed by atoms with Crippen molar-refractivity contribution < 1.29 is 9.47 Å². The predicted molar refractivity (Wildman–Crippen MR) is 71.3 cm³/mol. The molecule has 0 aliphatic carbocycles. The van der Waals surface area contributed by atoms with Crippen molar-refractivity contribution in [3.63, 3.8) is 0 Å². The largest absolute Gasteiger partial charge is 0.382 e. The van der Waals surface area contributed by atoms with E-state index < -0.39 is 0 Å². The van der Waals surface area contributed by atoms with E-state index in [0.29, 0.717) is 6.10 Å². The minimum Gasteiger partial charge on any atom is -0.382 e. The van der Waals surface area contributed by atoms with Crippen LogP contribution in [0.3, 0.4) is 0 Å². The molecule has 0 spiro atoms. The normalized spacial score (nSPS) is 29.8. The van der Waals surface area contributed by atoms with E-state index in [0.717, 1.165) is 39.2 Å². The van der Waals surface area contributed by atoms with Crippen molar-refractivity contribution in [1.29, 1.82) is 0 Å². The predicted octanol–water partition coefficient (Wildman–Crippen LogP) is 2.60. The fraction of sp³-hybridized carbons (Fsp3) is 1.00. The lowest BCUT2D eigenvalue weighted by molar-refractivity contribution is 0.0322. The molecule has 1 fully saturated rings. The van der Waals surface area contributed by atoms with Crippen molar-refractivity contribution in [3.05, 3.63) is 0 Å². The van der Waals surface area contributed by atoms with Crippen LogP contribution in [0.1, 0.15) is 47.5 Å². The zero-order chi connectivity index (χ0) is 12.9. The molecule has 1 rings (SSSR count). The molecular weight excluding hydrogens is 214 g/mol. The summed E-state index contributed by atoms with van der Waals surface area (Å²) in [6, 6.07) is 0. The van der Waals surface area contributed by atoms with Crippen molar-refractivity contribution >= 4 is 0 Å². The van der Waals surface area contributed by atoms with Crippen molar-refractivity contribution in [2.45, 2.75) is 59.1 Å². The first-order valence-corrected chi connectivity index (χ1v) is 6.84. The Balaban J connectivity index is 2.53. The van der Waals surface area contributed by atoms with Crippen LogP contribution in [0.5, 0.6) is 0 Å². The van der Waals surface area contributed by atoms with E-state index in [1.165, 1.54) is 0 Å². The molecule has 0 aromatic heterocycles. The van der Waals surface area contributed by atoms with Gasteiger partial charge in [-0.3, -0.25) is 0 Å². The molecule has 1 heterocycles. The molecule has 2 unspecified atom stereocenters. The highest BCUT2D eigenvalue weighted by Gasteiger charge is 2.41. The maximum absolute atomic E-state index is 5.77. The molecule has 0 aromatic rings. The second kappa shape index (κ2) is 6.17. The van der Waals surface area contributed by atoms with E-state index in [2.05, 4.69) is 39.9 Å². The Bertz CT molecular complexity index is 225. The van der Waals surface area contributed by atoms with Gasteiger partial charge in [0.25, 0.3) is 0 Å². The summed E-state index contributed by atoms with van der Waals surface area (Å²) in [6.45, 7) is 14.4. The van der Waals surface area contributed by atoms with Gasteiger partial charge in [0.05, 0.1) is 6.10 Å². The Morgan fingerprint density at radius 2 is 2.12 bits per heavy atom. The van der Waals surface area contributed by atoms with Crippen LogP contribution < -0.4 is 5.32 Å². The quantitative estimate of drug-likeness (QED) is 0.727. The van der Waals surface area contributed by atoms with Crippen LogP contribution >= 0.6 is 0 Å². The van der Waals surface area contributed by atoms with Crippen LogP contribution in [0.25, 0.3) is 0 Å². The topological polar surface area (TPSA) is 30.5 Å². The highest BCUT2D eigenvalue weighted by atomic mass is 16.5. The summed E-state index contributed by atoms with van der Waals surface area (Å²) in [7, 11) is 0. The molecule has 1 aliphatic rings. The summed E-state index contributed by atoms with van der Waals surface area (Å²) in [5.41, 5.74) is 0.420. The third-order valence-electron chi connectivity index (χ3n) is 3.75. The molecule has 3 heteroatoms. The molecule has 0 aromatic carbocycles. The van der Waals surface area contributed by atoms with E-state index >= 15 is 0 Å². The van der Waals surface area contributed by atoms with E-state index in [-0.39, 0.29) is 11.0 Å². The number of hydrogen-bond acceptors (Lipinski definition) is 3. The fourth-order valence-corrected chi connectivity index (χ4v) is 2.33. The zero-order valence-corrected chi connectivity index (χ0v) is 12.1. The van der Waals surface area contributed by atoms with E-state index in [1.54, 1.807) is 0 Å². The maximum atomic E-state index is 5.77. The Morgan fingerprint density at radius 1 is 1.41 bits per heavy atom. The van der Waals surface area contributed by atoms with Gasteiger partial charge in [0.1, 0.15) is 0 Å². The number of ether oxygens (including phenoxy) is 2. The van der Waals surface area contributed by atoms with Crippen LogP contribution in [-0.4, -0.2) is 38.0 Å². The smallest absolute Gasteiger partial charge is 0.0617 e. The SMILES string of the molecule is CCOCCC1(CNC(C)(C)C)CCOC1C. The first-order chi connectivity index (χ1) is 7.90. The van der Waals surface area contributed by atoms with Gasteiger partial charge in [0, 0.05) is 37.3 Å². The van der Waals surface area contributed by atoms with E-state index in [9.17, 15) is 0 Å². The van der Waals surface area contributed by atoms with Gasteiger partial charge >= 0.3 is 0 Å². The molecule has 1 aliphatic heterocycles. The first kappa shape index (κ1) is 14.9. The molecular formula is C14H29NO2. The van der Waals surface area contributed by atoms with Gasteiger partial charge in [-0.05, 0) is 47.5 Å². The molecule has 0 saturated carbocycles. The molecule has 1 N–H and O–H groups in total. The van der Waals surface area contributed by atoms with Gasteiger partial charge in [-0.15, -0.1) is 0 Å². The molecule has 2 atom stereocenters. The lowest BCUT2D eigenvalue weighted by atomic mass is 9.78. The number of rotatable bonds is 6. The fourth-order valence-electron chi connectivity index (χ4n) is 2.33. The summed E-state index contributed by atoms with van der Waals surface area (Å²) >= 11 is 0. The first-order valence-electron chi connectivity index (χ1n) is 6.84. The second-order valence-corrected chi connectivity index (χ2v) is 6.18. The Kier molecular flexibility index (Phi) is 5.42. The summed E-state index contributed by atoms with van der Waals surface area (Å²) in [6.07, 6.45) is 2.56. The van der Waals surface area contributed by atoms with E-state index in [1.807, 2.05) is 0 Å². The molecule has 102 valence electrons. The summed E-state index contributed by atoms with van der Waals surface area (Å²) < 4.78 is 11.3. The third-order valence-corrected chi connectivity index (χ3v) is 3.75. The summed E-state index contributed by atoms with van der Waals surface area (Å²) in [5, 5.41) is 3.63. The molecule has 17 heavy (non-hydrogen) atoms. The van der Waals surface area contributed by atoms with Gasteiger partial charge in [-0.2, -0.15) is 0 Å². The van der Waals surface area contributed by atoms with Gasteiger partial charge in [0.15, 0.2) is 0 Å². The molecule has 0 bridgehead atoms. The maximum Gasteiger partial charge on any atom is 0.0617 e. The molecule has 3 nitrogen and oxygen atoms in total. The molecule has 1 saturated heterocycles. The molecule has 0 amide bonds. The van der Waals surface area contributed by atoms with Crippen LogP contribution in [0, 0.1) is 5.41 Å². The van der Waals surface area contributed by atoms with Gasteiger partial charge in [-0.25, -0.2) is 0 Å². The minimum atomic E-state index is 0.168. The Labute approximate surface area is 106 Å². The van der Waals surface area contributed by atoms with Crippen molar-refractivity contribution in [2.24, 2.45) is 5.41 Å². The highest BCUT2D eigenvalue weighted by molar-refractivity contribution is 4.93. The Hall–Kier alpha value is -0.120. The monoisotopic (exact) mass is 243 g/mol. The lowest BCUT2D eigenvalue weighted by Crippen LogP contribution is -2.47. The van der Waals surface area contributed by atoms with Gasteiger partial charge < -0.3 is 14.8 Å². The number of nitrogens with one attached hydrogen (secondary N) is 1. The zero-order valence-electron chi connectivity index (χ0n) is 12.1. The summed E-state index contributed by atoms with van der Waals surface area (Å²) in [5.74, 6) is 0.